The molecule has 0 amide bonds. The largest absolute Gasteiger partial charge is 0.449 e. The molecule has 1 unspecified atom stereocenters. The van der Waals surface area contributed by atoms with Crippen LogP contribution in [0.25, 0.3) is 0 Å². The molecule has 2 heteroatoms. The van der Waals surface area contributed by atoms with Gasteiger partial charge in [-0.25, -0.2) is 4.79 Å². The molecule has 0 aromatic heterocycles. The summed E-state index contributed by atoms with van der Waals surface area (Å²) in [6, 6.07) is 0. The smallest absolute Gasteiger partial charge is 0.384 e. The van der Waals surface area contributed by atoms with Crippen LogP contribution in [-0.4, -0.2) is 12.1 Å². The van der Waals surface area contributed by atoms with Gasteiger partial charge in [0, 0.05) is 5.92 Å². The van der Waals surface area contributed by atoms with E-state index in [9.17, 15) is 4.79 Å². The van der Waals surface area contributed by atoms with E-state index in [1.165, 1.54) is 0 Å². The van der Waals surface area contributed by atoms with E-state index in [1.807, 2.05) is 5.92 Å². The molecule has 0 aliphatic rings. The number of esters is 1. The third-order valence-electron chi connectivity index (χ3n) is 1.73. The number of carbonyl (C=O) groups is 1. The molecule has 0 rings (SSSR count). The first kappa shape index (κ1) is 11.8. The number of hydrogen-bond acceptors (Lipinski definition) is 2. The zero-order valence-corrected chi connectivity index (χ0v) is 8.08. The topological polar surface area (TPSA) is 26.3 Å². The van der Waals surface area contributed by atoms with E-state index in [4.69, 9.17) is 11.2 Å². The van der Waals surface area contributed by atoms with Gasteiger partial charge in [0.15, 0.2) is 0 Å². The van der Waals surface area contributed by atoms with Crippen LogP contribution in [0.15, 0.2) is 12.7 Å². The maximum atomic E-state index is 10.7. The Morgan fingerprint density at radius 1 is 1.69 bits per heavy atom. The SMILES string of the molecule is C#CC(=O)OC(C=C)CCCCC. The highest BCUT2D eigenvalue weighted by Gasteiger charge is 2.07. The minimum Gasteiger partial charge on any atom is -0.449 e. The van der Waals surface area contributed by atoms with E-state index >= 15 is 0 Å². The first-order chi connectivity index (χ1) is 6.24. The molecule has 0 fully saturated rings. The third-order valence-corrected chi connectivity index (χ3v) is 1.73. The molecule has 0 aromatic rings. The predicted octanol–water partition coefficient (Wildman–Crippen LogP) is 2.30. The van der Waals surface area contributed by atoms with Crippen molar-refractivity contribution in [2.75, 3.05) is 0 Å². The molecule has 0 aliphatic heterocycles. The second-order valence-corrected chi connectivity index (χ2v) is 2.82. The lowest BCUT2D eigenvalue weighted by Crippen LogP contribution is -2.14. The number of carbonyl (C=O) groups excluding carboxylic acids is 1. The molecular formula is C11H16O2. The van der Waals surface area contributed by atoms with Gasteiger partial charge in [0.25, 0.3) is 0 Å². The van der Waals surface area contributed by atoms with Crippen LogP contribution in [0.4, 0.5) is 0 Å². The monoisotopic (exact) mass is 180 g/mol. The fourth-order valence-electron chi connectivity index (χ4n) is 0.992. The van der Waals surface area contributed by atoms with Crippen LogP contribution in [-0.2, 0) is 9.53 Å². The first-order valence-corrected chi connectivity index (χ1v) is 4.54. The summed E-state index contributed by atoms with van der Waals surface area (Å²) in [4.78, 5) is 10.7. The first-order valence-electron chi connectivity index (χ1n) is 4.54. The normalized spacial score (nSPS) is 11.4. The summed E-state index contributed by atoms with van der Waals surface area (Å²) in [6.07, 6.45) is 10.4. The van der Waals surface area contributed by atoms with E-state index in [2.05, 4.69) is 13.5 Å². The number of terminal acetylenes is 1. The Balaban J connectivity index is 3.71. The van der Waals surface area contributed by atoms with Gasteiger partial charge in [0.2, 0.25) is 0 Å². The van der Waals surface area contributed by atoms with Crippen molar-refractivity contribution in [3.05, 3.63) is 12.7 Å². The van der Waals surface area contributed by atoms with E-state index in [0.29, 0.717) is 0 Å². The predicted molar refractivity (Wildman–Crippen MR) is 53.1 cm³/mol. The Bertz CT molecular complexity index is 201. The highest BCUT2D eigenvalue weighted by atomic mass is 16.5. The Hall–Kier alpha value is -1.23. The van der Waals surface area contributed by atoms with E-state index in [-0.39, 0.29) is 6.10 Å². The Morgan fingerprint density at radius 2 is 2.38 bits per heavy atom. The molecule has 0 N–H and O–H groups in total. The maximum Gasteiger partial charge on any atom is 0.384 e. The molecular weight excluding hydrogens is 164 g/mol. The Morgan fingerprint density at radius 3 is 2.85 bits per heavy atom. The minimum absolute atomic E-state index is 0.227. The van der Waals surface area contributed by atoms with Crippen molar-refractivity contribution in [1.29, 1.82) is 0 Å². The second-order valence-electron chi connectivity index (χ2n) is 2.82. The van der Waals surface area contributed by atoms with Gasteiger partial charge < -0.3 is 4.74 Å². The van der Waals surface area contributed by atoms with Gasteiger partial charge in [-0.3, -0.25) is 0 Å². The van der Waals surface area contributed by atoms with E-state index in [1.54, 1.807) is 6.08 Å². The lowest BCUT2D eigenvalue weighted by atomic mass is 10.1. The fraction of sp³-hybridized carbons (Fsp3) is 0.545. The van der Waals surface area contributed by atoms with Gasteiger partial charge in [-0.15, -0.1) is 6.42 Å². The molecule has 0 radical (unpaired) electrons. The average Bonchev–Trinajstić information content (AvgIpc) is 2.16. The van der Waals surface area contributed by atoms with Crippen LogP contribution in [0.3, 0.4) is 0 Å². The van der Waals surface area contributed by atoms with Crippen LogP contribution < -0.4 is 0 Å². The van der Waals surface area contributed by atoms with Gasteiger partial charge >= 0.3 is 5.97 Å². The highest BCUT2D eigenvalue weighted by molar-refractivity contribution is 5.87. The molecule has 1 atom stereocenters. The summed E-state index contributed by atoms with van der Waals surface area (Å²) in [5.74, 6) is 1.30. The van der Waals surface area contributed by atoms with Crippen LogP contribution in [0.5, 0.6) is 0 Å². The molecule has 0 saturated heterocycles. The minimum atomic E-state index is -0.610. The quantitative estimate of drug-likeness (QED) is 0.206. The van der Waals surface area contributed by atoms with Crippen molar-refractivity contribution in [2.24, 2.45) is 0 Å². The van der Waals surface area contributed by atoms with Crippen molar-refractivity contribution in [3.63, 3.8) is 0 Å². The molecule has 0 aliphatic carbocycles. The summed E-state index contributed by atoms with van der Waals surface area (Å²) in [5.41, 5.74) is 0. The van der Waals surface area contributed by atoms with Crippen LogP contribution in [0.1, 0.15) is 32.6 Å². The van der Waals surface area contributed by atoms with E-state index in [0.717, 1.165) is 25.7 Å². The maximum absolute atomic E-state index is 10.7. The molecule has 0 spiro atoms. The Labute approximate surface area is 80.0 Å². The molecule has 2 nitrogen and oxygen atoms in total. The summed E-state index contributed by atoms with van der Waals surface area (Å²) in [7, 11) is 0. The molecule has 0 heterocycles. The lowest BCUT2D eigenvalue weighted by Gasteiger charge is -2.10. The second kappa shape index (κ2) is 7.42. The molecule has 0 saturated carbocycles. The van der Waals surface area contributed by atoms with Crippen molar-refractivity contribution in [2.45, 2.75) is 38.7 Å². The van der Waals surface area contributed by atoms with Crippen molar-refractivity contribution < 1.29 is 9.53 Å². The van der Waals surface area contributed by atoms with Crippen LogP contribution >= 0.6 is 0 Å². The Kier molecular flexibility index (Phi) is 6.72. The van der Waals surface area contributed by atoms with Crippen LogP contribution in [0.2, 0.25) is 0 Å². The third kappa shape index (κ3) is 5.98. The van der Waals surface area contributed by atoms with Gasteiger partial charge in [-0.2, -0.15) is 0 Å². The number of rotatable bonds is 6. The van der Waals surface area contributed by atoms with Gasteiger partial charge in [-0.05, 0) is 12.8 Å². The summed E-state index contributed by atoms with van der Waals surface area (Å²) < 4.78 is 4.90. The number of ether oxygens (including phenoxy) is 1. The number of hydrogen-bond donors (Lipinski definition) is 0. The zero-order valence-electron chi connectivity index (χ0n) is 8.08. The molecule has 0 bridgehead atoms. The highest BCUT2D eigenvalue weighted by Crippen LogP contribution is 2.07. The molecule has 72 valence electrons. The standard InChI is InChI=1S/C11H16O2/c1-4-7-8-9-10(5-2)13-11(12)6-3/h3,5,10H,2,4,7-9H2,1H3. The van der Waals surface area contributed by atoms with Crippen molar-refractivity contribution in [1.82, 2.24) is 0 Å². The average molecular weight is 180 g/mol. The van der Waals surface area contributed by atoms with Gasteiger partial charge in [0.1, 0.15) is 6.10 Å². The summed E-state index contributed by atoms with van der Waals surface area (Å²) in [5, 5.41) is 0. The van der Waals surface area contributed by atoms with Gasteiger partial charge in [0.05, 0.1) is 0 Å². The number of unbranched alkanes of at least 4 members (excludes halogenated alkanes) is 2. The van der Waals surface area contributed by atoms with Crippen molar-refractivity contribution in [3.8, 4) is 12.3 Å². The molecule has 0 aromatic carbocycles. The molecule has 13 heavy (non-hydrogen) atoms. The van der Waals surface area contributed by atoms with E-state index < -0.39 is 5.97 Å². The fourth-order valence-corrected chi connectivity index (χ4v) is 0.992. The lowest BCUT2D eigenvalue weighted by molar-refractivity contribution is -0.140. The van der Waals surface area contributed by atoms with Crippen LogP contribution in [0, 0.1) is 12.3 Å². The van der Waals surface area contributed by atoms with Gasteiger partial charge in [-0.1, -0.05) is 32.4 Å². The summed E-state index contributed by atoms with van der Waals surface area (Å²) >= 11 is 0. The zero-order chi connectivity index (χ0) is 10.1. The summed E-state index contributed by atoms with van der Waals surface area (Å²) in [6.45, 7) is 5.70. The van der Waals surface area contributed by atoms with Crippen molar-refractivity contribution >= 4 is 5.97 Å².